The highest BCUT2D eigenvalue weighted by atomic mass is 15.3. The van der Waals surface area contributed by atoms with Crippen molar-refractivity contribution in [3.05, 3.63) is 54.7 Å². The van der Waals surface area contributed by atoms with Crippen LogP contribution < -0.4 is 10.2 Å². The Hall–Kier alpha value is -3.32. The number of aromatic nitrogens is 5. The molecule has 2 aromatic heterocycles. The predicted octanol–water partition coefficient (Wildman–Crippen LogP) is 3.91. The van der Waals surface area contributed by atoms with Gasteiger partial charge in [0.1, 0.15) is 0 Å². The minimum absolute atomic E-state index is 0.475. The van der Waals surface area contributed by atoms with Crippen LogP contribution in [0.1, 0.15) is 20.3 Å². The molecule has 7 heteroatoms. The Morgan fingerprint density at radius 2 is 1.97 bits per heavy atom. The summed E-state index contributed by atoms with van der Waals surface area (Å²) >= 11 is 0. The summed E-state index contributed by atoms with van der Waals surface area (Å²) in [6, 6.07) is 16.8. The van der Waals surface area contributed by atoms with E-state index < -0.39 is 0 Å². The average Bonchev–Trinajstić information content (AvgIpc) is 3.23. The summed E-state index contributed by atoms with van der Waals surface area (Å²) < 4.78 is 0. The molecule has 2 aromatic carbocycles. The van der Waals surface area contributed by atoms with Gasteiger partial charge in [0.25, 0.3) is 0 Å². The van der Waals surface area contributed by atoms with Crippen molar-refractivity contribution in [2.45, 2.75) is 26.3 Å². The molecule has 1 atom stereocenters. The fourth-order valence-electron chi connectivity index (χ4n) is 4.30. The molecule has 3 heterocycles. The van der Waals surface area contributed by atoms with Gasteiger partial charge in [-0.05, 0) is 30.5 Å². The lowest BCUT2D eigenvalue weighted by Gasteiger charge is -2.35. The van der Waals surface area contributed by atoms with Crippen LogP contribution in [0.2, 0.25) is 0 Å². The number of rotatable bonds is 5. The van der Waals surface area contributed by atoms with E-state index in [1.165, 1.54) is 0 Å². The summed E-state index contributed by atoms with van der Waals surface area (Å²) in [7, 11) is 0. The lowest BCUT2D eigenvalue weighted by molar-refractivity contribution is 0.387. The number of fused-ring (bicyclic) bond motifs is 1. The molecule has 1 fully saturated rings. The van der Waals surface area contributed by atoms with Crippen LogP contribution in [0.15, 0.2) is 54.7 Å². The van der Waals surface area contributed by atoms with Crippen LogP contribution in [-0.4, -0.2) is 51.1 Å². The maximum atomic E-state index is 4.87. The molecule has 158 valence electrons. The van der Waals surface area contributed by atoms with Crippen molar-refractivity contribution in [2.75, 3.05) is 24.5 Å². The molecule has 0 spiro atoms. The van der Waals surface area contributed by atoms with Gasteiger partial charge in [0.05, 0.1) is 17.4 Å². The van der Waals surface area contributed by atoms with Crippen LogP contribution in [0.5, 0.6) is 0 Å². The molecule has 0 aliphatic carbocycles. The minimum Gasteiger partial charge on any atom is -0.352 e. The fraction of sp³-hybridized carbons (Fsp3) is 0.333. The van der Waals surface area contributed by atoms with Gasteiger partial charge in [-0.25, -0.2) is 4.98 Å². The maximum absolute atomic E-state index is 4.87. The Balaban J connectivity index is 1.46. The molecule has 0 amide bonds. The van der Waals surface area contributed by atoms with Gasteiger partial charge in [-0.2, -0.15) is 10.2 Å². The maximum Gasteiger partial charge on any atom is 0.183 e. The largest absolute Gasteiger partial charge is 0.352 e. The zero-order valence-electron chi connectivity index (χ0n) is 17.9. The number of nitrogens with zero attached hydrogens (tertiary/aromatic N) is 5. The lowest BCUT2D eigenvalue weighted by atomic mass is 10.0. The van der Waals surface area contributed by atoms with E-state index in [0.717, 1.165) is 59.6 Å². The molecule has 7 nitrogen and oxygen atoms in total. The third-order valence-corrected chi connectivity index (χ3v) is 5.75. The van der Waals surface area contributed by atoms with E-state index >= 15 is 0 Å². The first-order valence-electron chi connectivity index (χ1n) is 10.9. The van der Waals surface area contributed by atoms with Crippen LogP contribution in [0.3, 0.4) is 0 Å². The number of aromatic amines is 1. The van der Waals surface area contributed by atoms with Gasteiger partial charge in [0, 0.05) is 42.2 Å². The van der Waals surface area contributed by atoms with E-state index in [2.05, 4.69) is 62.7 Å². The molecule has 31 heavy (non-hydrogen) atoms. The van der Waals surface area contributed by atoms with Crippen molar-refractivity contribution >= 4 is 16.7 Å². The summed E-state index contributed by atoms with van der Waals surface area (Å²) in [6.45, 7) is 7.35. The zero-order valence-corrected chi connectivity index (χ0v) is 17.9. The van der Waals surface area contributed by atoms with Crippen LogP contribution >= 0.6 is 0 Å². The minimum atomic E-state index is 0.475. The fourth-order valence-corrected chi connectivity index (χ4v) is 4.30. The summed E-state index contributed by atoms with van der Waals surface area (Å²) in [4.78, 5) is 7.18. The van der Waals surface area contributed by atoms with Gasteiger partial charge >= 0.3 is 0 Å². The van der Waals surface area contributed by atoms with Crippen molar-refractivity contribution in [3.8, 4) is 22.6 Å². The zero-order chi connectivity index (χ0) is 21.2. The quantitative estimate of drug-likeness (QED) is 0.516. The van der Waals surface area contributed by atoms with Gasteiger partial charge in [-0.15, -0.1) is 5.10 Å². The predicted molar refractivity (Wildman–Crippen MR) is 124 cm³/mol. The average molecular weight is 414 g/mol. The Morgan fingerprint density at radius 3 is 2.81 bits per heavy atom. The van der Waals surface area contributed by atoms with Gasteiger partial charge in [0.15, 0.2) is 11.6 Å². The molecule has 0 radical (unpaired) electrons. The number of hydrogen-bond acceptors (Lipinski definition) is 6. The van der Waals surface area contributed by atoms with Gasteiger partial charge < -0.3 is 10.2 Å². The lowest BCUT2D eigenvalue weighted by Crippen LogP contribution is -2.51. The Kier molecular flexibility index (Phi) is 5.34. The second-order valence-corrected chi connectivity index (χ2v) is 8.56. The summed E-state index contributed by atoms with van der Waals surface area (Å²) in [6.07, 6.45) is 2.92. The highest BCUT2D eigenvalue weighted by Crippen LogP contribution is 2.29. The van der Waals surface area contributed by atoms with Crippen molar-refractivity contribution in [2.24, 2.45) is 5.92 Å². The van der Waals surface area contributed by atoms with E-state index in [4.69, 9.17) is 4.98 Å². The third kappa shape index (κ3) is 4.14. The molecule has 4 aromatic rings. The highest BCUT2D eigenvalue weighted by molar-refractivity contribution is 5.95. The monoisotopic (exact) mass is 413 g/mol. The topological polar surface area (TPSA) is 82.6 Å². The molecule has 1 saturated heterocycles. The van der Waals surface area contributed by atoms with Crippen molar-refractivity contribution < 1.29 is 0 Å². The Bertz CT molecular complexity index is 1170. The molecular formula is C24H27N7. The van der Waals surface area contributed by atoms with E-state index in [-0.39, 0.29) is 0 Å². The normalized spacial score (nSPS) is 16.9. The van der Waals surface area contributed by atoms with Crippen molar-refractivity contribution in [1.29, 1.82) is 0 Å². The van der Waals surface area contributed by atoms with Crippen molar-refractivity contribution in [3.63, 3.8) is 0 Å². The number of H-pyrrole nitrogens is 1. The molecule has 0 bridgehead atoms. The van der Waals surface area contributed by atoms with Gasteiger partial charge in [-0.3, -0.25) is 5.10 Å². The van der Waals surface area contributed by atoms with E-state index in [9.17, 15) is 0 Å². The highest BCUT2D eigenvalue weighted by Gasteiger charge is 2.22. The van der Waals surface area contributed by atoms with Crippen molar-refractivity contribution in [1.82, 2.24) is 30.7 Å². The smallest absolute Gasteiger partial charge is 0.183 e. The van der Waals surface area contributed by atoms with E-state index in [1.807, 2.05) is 30.3 Å². The number of anilines is 1. The van der Waals surface area contributed by atoms with Crippen LogP contribution in [0.25, 0.3) is 33.5 Å². The number of hydrogen-bond donors (Lipinski definition) is 2. The Morgan fingerprint density at radius 1 is 1.10 bits per heavy atom. The van der Waals surface area contributed by atoms with E-state index in [0.29, 0.717) is 17.8 Å². The molecule has 1 aliphatic heterocycles. The van der Waals surface area contributed by atoms with Crippen LogP contribution in [-0.2, 0) is 0 Å². The molecule has 2 N–H and O–H groups in total. The summed E-state index contributed by atoms with van der Waals surface area (Å²) in [5.41, 5.74) is 3.94. The number of benzene rings is 2. The second-order valence-electron chi connectivity index (χ2n) is 8.56. The standard InChI is InChI=1S/C24H27N7/c1-16(2)12-19-15-31(11-10-25-19)22-14-26-30-24(27-22)18-8-9-21-20(13-18)23(29-28-21)17-6-4-3-5-7-17/h3-9,13-14,16,19,25H,10-12,15H2,1-2H3,(H,28,29)/t19-/m0/s1. The Labute approximate surface area is 181 Å². The first-order valence-corrected chi connectivity index (χ1v) is 10.9. The summed E-state index contributed by atoms with van der Waals surface area (Å²) in [5, 5.41) is 20.9. The molecule has 5 rings (SSSR count). The number of nitrogens with one attached hydrogen (secondary N) is 2. The summed E-state index contributed by atoms with van der Waals surface area (Å²) in [5.74, 6) is 2.19. The van der Waals surface area contributed by atoms with Gasteiger partial charge in [0.2, 0.25) is 0 Å². The molecule has 1 aliphatic rings. The molecule has 0 unspecified atom stereocenters. The van der Waals surface area contributed by atoms with Crippen LogP contribution in [0, 0.1) is 5.92 Å². The number of piperazine rings is 1. The second kappa shape index (κ2) is 8.43. The van der Waals surface area contributed by atoms with Gasteiger partial charge in [-0.1, -0.05) is 44.2 Å². The molecular weight excluding hydrogens is 386 g/mol. The first kappa shape index (κ1) is 19.6. The SMILES string of the molecule is CC(C)C[C@H]1CN(c2cnnc(-c3ccc4[nH]nc(-c5ccccc5)c4c3)n2)CCN1. The molecule has 0 saturated carbocycles. The third-order valence-electron chi connectivity index (χ3n) is 5.75. The van der Waals surface area contributed by atoms with E-state index in [1.54, 1.807) is 6.20 Å². The van der Waals surface area contributed by atoms with Crippen LogP contribution in [0.4, 0.5) is 5.82 Å². The first-order chi connectivity index (χ1) is 15.2.